The average Bonchev–Trinajstić information content (AvgIpc) is 3.03. The van der Waals surface area contributed by atoms with Crippen LogP contribution in [0.1, 0.15) is 12.8 Å². The van der Waals surface area contributed by atoms with Crippen LogP contribution in [0.5, 0.6) is 0 Å². The van der Waals surface area contributed by atoms with Crippen molar-refractivity contribution in [1.82, 2.24) is 4.72 Å². The fourth-order valence-electron chi connectivity index (χ4n) is 2.01. The molecule has 0 bridgehead atoms. The molecule has 3 rings (SSSR count). The molecule has 1 aromatic rings. The number of rotatable bonds is 1. The summed E-state index contributed by atoms with van der Waals surface area (Å²) in [6.07, 6.45) is 2.26. The lowest BCUT2D eigenvalue weighted by atomic mass is 10.2. The Labute approximate surface area is 94.3 Å². The normalized spacial score (nSPS) is 22.9. The predicted molar refractivity (Wildman–Crippen MR) is 61.5 cm³/mol. The minimum atomic E-state index is -3.37. The van der Waals surface area contributed by atoms with Crippen LogP contribution >= 0.6 is 0 Å². The summed E-state index contributed by atoms with van der Waals surface area (Å²) in [6, 6.07) is 5.54. The monoisotopic (exact) mass is 239 g/mol. The Morgan fingerprint density at radius 2 is 2.12 bits per heavy atom. The second-order valence-electron chi connectivity index (χ2n) is 4.23. The van der Waals surface area contributed by atoms with Crippen molar-refractivity contribution in [2.24, 2.45) is 0 Å². The van der Waals surface area contributed by atoms with Crippen molar-refractivity contribution in [3.05, 3.63) is 18.2 Å². The lowest BCUT2D eigenvalue weighted by molar-refractivity contribution is 0.570. The number of hydrogen-bond acceptors (Lipinski definition) is 4. The molecule has 1 heterocycles. The van der Waals surface area contributed by atoms with Gasteiger partial charge in [0.15, 0.2) is 0 Å². The number of anilines is 2. The molecule has 0 radical (unpaired) electrons. The summed E-state index contributed by atoms with van der Waals surface area (Å²) >= 11 is 0. The van der Waals surface area contributed by atoms with Gasteiger partial charge in [-0.05, 0) is 31.0 Å². The van der Waals surface area contributed by atoms with Crippen LogP contribution in [-0.2, 0) is 10.0 Å². The first-order valence-corrected chi connectivity index (χ1v) is 6.72. The van der Waals surface area contributed by atoms with Gasteiger partial charge in [0.05, 0.1) is 12.4 Å². The van der Waals surface area contributed by atoms with Crippen LogP contribution < -0.4 is 15.4 Å². The molecule has 1 aliphatic heterocycles. The van der Waals surface area contributed by atoms with Gasteiger partial charge in [0.25, 0.3) is 0 Å². The molecule has 1 aliphatic carbocycles. The number of nitrogens with two attached hydrogens (primary N) is 1. The third-order valence-electron chi connectivity index (χ3n) is 3.00. The molecule has 16 heavy (non-hydrogen) atoms. The molecule has 6 heteroatoms. The maximum absolute atomic E-state index is 11.8. The maximum Gasteiger partial charge on any atom is 0.244 e. The van der Waals surface area contributed by atoms with Gasteiger partial charge in [-0.2, -0.15) is 4.72 Å². The number of fused-ring (bicyclic) bond motifs is 1. The fourth-order valence-corrected chi connectivity index (χ4v) is 3.23. The van der Waals surface area contributed by atoms with E-state index in [1.54, 1.807) is 12.1 Å². The van der Waals surface area contributed by atoms with Gasteiger partial charge in [0, 0.05) is 11.7 Å². The molecule has 3 N–H and O–H groups in total. The minimum Gasteiger partial charge on any atom is -0.399 e. The molecule has 0 unspecified atom stereocenters. The van der Waals surface area contributed by atoms with E-state index in [-0.39, 0.29) is 0 Å². The molecule has 1 fully saturated rings. The van der Waals surface area contributed by atoms with E-state index in [9.17, 15) is 8.42 Å². The second-order valence-corrected chi connectivity index (χ2v) is 5.97. The molecular weight excluding hydrogens is 226 g/mol. The first kappa shape index (κ1) is 9.92. The SMILES string of the molecule is Nc1ccc2c(c1)S(=O)(=O)NCN2C1CC1. The highest BCUT2D eigenvalue weighted by atomic mass is 32.2. The Hall–Kier alpha value is -1.27. The Morgan fingerprint density at radius 1 is 1.38 bits per heavy atom. The number of benzene rings is 1. The van der Waals surface area contributed by atoms with Crippen LogP contribution in [0, 0.1) is 0 Å². The average molecular weight is 239 g/mol. The van der Waals surface area contributed by atoms with E-state index in [0.717, 1.165) is 18.5 Å². The molecule has 0 saturated heterocycles. The molecule has 1 saturated carbocycles. The number of nitrogen functional groups attached to an aromatic ring is 1. The van der Waals surface area contributed by atoms with Crippen LogP contribution in [0.15, 0.2) is 23.1 Å². The summed E-state index contributed by atoms with van der Waals surface area (Å²) in [5.74, 6) is 0. The van der Waals surface area contributed by atoms with Gasteiger partial charge in [-0.15, -0.1) is 0 Å². The van der Waals surface area contributed by atoms with Gasteiger partial charge in [0.2, 0.25) is 10.0 Å². The van der Waals surface area contributed by atoms with Gasteiger partial charge in [-0.1, -0.05) is 0 Å². The van der Waals surface area contributed by atoms with Crippen molar-refractivity contribution < 1.29 is 8.42 Å². The topological polar surface area (TPSA) is 75.4 Å². The zero-order chi connectivity index (χ0) is 11.3. The first-order chi connectivity index (χ1) is 7.58. The molecule has 86 valence electrons. The Bertz CT molecular complexity index is 537. The molecule has 0 atom stereocenters. The number of nitrogens with one attached hydrogen (secondary N) is 1. The smallest absolute Gasteiger partial charge is 0.244 e. The Morgan fingerprint density at radius 3 is 2.81 bits per heavy atom. The van der Waals surface area contributed by atoms with E-state index in [1.807, 2.05) is 0 Å². The van der Waals surface area contributed by atoms with Gasteiger partial charge >= 0.3 is 0 Å². The summed E-state index contributed by atoms with van der Waals surface area (Å²) in [5.41, 5.74) is 6.88. The van der Waals surface area contributed by atoms with Crippen molar-refractivity contribution >= 4 is 21.4 Å². The van der Waals surface area contributed by atoms with Crippen molar-refractivity contribution in [3.63, 3.8) is 0 Å². The molecule has 0 amide bonds. The molecule has 0 spiro atoms. The quantitative estimate of drug-likeness (QED) is 0.699. The molecule has 0 aromatic heterocycles. The summed E-state index contributed by atoms with van der Waals surface area (Å²) < 4.78 is 26.2. The number of hydrogen-bond donors (Lipinski definition) is 2. The third-order valence-corrected chi connectivity index (χ3v) is 4.41. The molecule has 2 aliphatic rings. The fraction of sp³-hybridized carbons (Fsp3) is 0.400. The largest absolute Gasteiger partial charge is 0.399 e. The van der Waals surface area contributed by atoms with Gasteiger partial charge in [-0.3, -0.25) is 0 Å². The highest BCUT2D eigenvalue weighted by Gasteiger charge is 2.36. The van der Waals surface area contributed by atoms with E-state index in [4.69, 9.17) is 5.73 Å². The standard InChI is InChI=1S/C10H13N3O2S/c11-7-1-4-9-10(5-7)16(14,15)12-6-13(9)8-2-3-8/h1,4-5,8,12H,2-3,6,11H2. The lowest BCUT2D eigenvalue weighted by Gasteiger charge is -2.31. The predicted octanol–water partition coefficient (Wildman–Crippen LogP) is 0.487. The molecule has 5 nitrogen and oxygen atoms in total. The highest BCUT2D eigenvalue weighted by Crippen LogP contribution is 2.37. The van der Waals surface area contributed by atoms with Crippen LogP contribution in [0.3, 0.4) is 0 Å². The first-order valence-electron chi connectivity index (χ1n) is 5.24. The number of sulfonamides is 1. The van der Waals surface area contributed by atoms with Crippen molar-refractivity contribution in [1.29, 1.82) is 0 Å². The van der Waals surface area contributed by atoms with Gasteiger partial charge in [-0.25, -0.2) is 8.42 Å². The van der Waals surface area contributed by atoms with Crippen molar-refractivity contribution in [2.45, 2.75) is 23.8 Å². The summed E-state index contributed by atoms with van der Waals surface area (Å²) in [6.45, 7) is 0.365. The molecule has 1 aromatic carbocycles. The second kappa shape index (κ2) is 3.11. The Kier molecular flexibility index (Phi) is 1.93. The van der Waals surface area contributed by atoms with Crippen LogP contribution in [0.4, 0.5) is 11.4 Å². The third kappa shape index (κ3) is 1.45. The zero-order valence-corrected chi connectivity index (χ0v) is 9.50. The van der Waals surface area contributed by atoms with Crippen LogP contribution in [-0.4, -0.2) is 21.1 Å². The minimum absolute atomic E-state index is 0.297. The van der Waals surface area contributed by atoms with Crippen LogP contribution in [0.25, 0.3) is 0 Å². The van der Waals surface area contributed by atoms with Gasteiger partial charge < -0.3 is 10.6 Å². The summed E-state index contributed by atoms with van der Waals surface area (Å²) in [7, 11) is -3.37. The lowest BCUT2D eigenvalue weighted by Crippen LogP contribution is -2.44. The molecular formula is C10H13N3O2S. The van der Waals surface area contributed by atoms with Crippen LogP contribution in [0.2, 0.25) is 0 Å². The van der Waals surface area contributed by atoms with Crippen molar-refractivity contribution in [2.75, 3.05) is 17.3 Å². The van der Waals surface area contributed by atoms with E-state index >= 15 is 0 Å². The van der Waals surface area contributed by atoms with E-state index < -0.39 is 10.0 Å². The summed E-state index contributed by atoms with van der Waals surface area (Å²) in [5, 5.41) is 0. The number of nitrogens with zero attached hydrogens (tertiary/aromatic N) is 1. The zero-order valence-electron chi connectivity index (χ0n) is 8.68. The van der Waals surface area contributed by atoms with E-state index in [0.29, 0.717) is 23.3 Å². The summed E-state index contributed by atoms with van der Waals surface area (Å²) in [4.78, 5) is 2.39. The van der Waals surface area contributed by atoms with E-state index in [1.165, 1.54) is 6.07 Å². The van der Waals surface area contributed by atoms with Crippen molar-refractivity contribution in [3.8, 4) is 0 Å². The highest BCUT2D eigenvalue weighted by molar-refractivity contribution is 7.89. The van der Waals surface area contributed by atoms with Gasteiger partial charge in [0.1, 0.15) is 4.90 Å². The maximum atomic E-state index is 11.8. The van der Waals surface area contributed by atoms with E-state index in [2.05, 4.69) is 9.62 Å². The Balaban J connectivity index is 2.17.